The summed E-state index contributed by atoms with van der Waals surface area (Å²) in [6, 6.07) is 13.8. The maximum absolute atomic E-state index is 12.6. The Labute approximate surface area is 130 Å². The van der Waals surface area contributed by atoms with Crippen LogP contribution in [0.3, 0.4) is 0 Å². The van der Waals surface area contributed by atoms with E-state index in [1.807, 2.05) is 13.0 Å². The lowest BCUT2D eigenvalue weighted by atomic mass is 10.2. The molecule has 0 radical (unpaired) electrons. The summed E-state index contributed by atoms with van der Waals surface area (Å²) in [5.41, 5.74) is 3.51. The third kappa shape index (κ3) is 6.35. The molecule has 0 atom stereocenters. The van der Waals surface area contributed by atoms with Gasteiger partial charge in [-0.1, -0.05) is 60.2 Å². The predicted molar refractivity (Wildman–Crippen MR) is 88.0 cm³/mol. The van der Waals surface area contributed by atoms with E-state index in [4.69, 9.17) is 0 Å². The smallest absolute Gasteiger partial charge is 0.309 e. The molecule has 2 aromatic rings. The average Bonchev–Trinajstić information content (AvgIpc) is 2.51. The lowest BCUT2D eigenvalue weighted by Crippen LogP contribution is -1.90. The Morgan fingerprint density at radius 3 is 1.77 bits per heavy atom. The summed E-state index contributed by atoms with van der Waals surface area (Å²) in [6.45, 7) is 8.64. The Bertz CT molecular complexity index is 621. The van der Waals surface area contributed by atoms with Crippen LogP contribution in [0.4, 0.5) is 8.78 Å². The van der Waals surface area contributed by atoms with Gasteiger partial charge < -0.3 is 4.74 Å². The number of allylic oxidation sites excluding steroid dienone is 1. The lowest BCUT2D eigenvalue weighted by molar-refractivity contribution is 0.278. The Morgan fingerprint density at radius 1 is 0.909 bits per heavy atom. The molecule has 0 aliphatic heterocycles. The largest absolute Gasteiger partial charge is 0.430 e. The molecule has 3 heteroatoms. The number of halogens is 2. The van der Waals surface area contributed by atoms with E-state index in [0.717, 1.165) is 12.5 Å². The second-order valence-electron chi connectivity index (χ2n) is 4.84. The summed E-state index contributed by atoms with van der Waals surface area (Å²) in [5, 5.41) is 0. The van der Waals surface area contributed by atoms with Crippen LogP contribution < -0.4 is 4.74 Å². The number of benzene rings is 2. The highest BCUT2D eigenvalue weighted by molar-refractivity contribution is 5.46. The molecule has 0 heterocycles. The van der Waals surface area contributed by atoms with Crippen LogP contribution in [-0.2, 0) is 0 Å². The van der Waals surface area contributed by atoms with E-state index in [-0.39, 0.29) is 0 Å². The fraction of sp³-hybridized carbons (Fsp3) is 0.158. The summed E-state index contributed by atoms with van der Waals surface area (Å²) in [4.78, 5) is 0. The van der Waals surface area contributed by atoms with Crippen LogP contribution in [0, 0.1) is 13.8 Å². The van der Waals surface area contributed by atoms with Crippen molar-refractivity contribution in [2.24, 2.45) is 0 Å². The van der Waals surface area contributed by atoms with Crippen LogP contribution in [0.25, 0.3) is 6.08 Å². The molecular weight excluding hydrogens is 282 g/mol. The van der Waals surface area contributed by atoms with E-state index < -0.39 is 11.8 Å². The second-order valence-corrected chi connectivity index (χ2v) is 4.84. The van der Waals surface area contributed by atoms with Crippen molar-refractivity contribution in [3.8, 4) is 5.75 Å². The third-order valence-corrected chi connectivity index (χ3v) is 2.81. The van der Waals surface area contributed by atoms with Crippen molar-refractivity contribution in [2.45, 2.75) is 20.8 Å². The van der Waals surface area contributed by atoms with Crippen molar-refractivity contribution in [3.05, 3.63) is 83.6 Å². The van der Waals surface area contributed by atoms with Gasteiger partial charge in [0.15, 0.2) is 5.83 Å². The Hall–Kier alpha value is -2.42. The van der Waals surface area contributed by atoms with Gasteiger partial charge in [-0.2, -0.15) is 4.39 Å². The molecule has 0 aliphatic carbocycles. The van der Waals surface area contributed by atoms with Crippen LogP contribution in [0.5, 0.6) is 5.75 Å². The first kappa shape index (κ1) is 17.6. The molecule has 2 rings (SSSR count). The molecule has 0 bridgehead atoms. The highest BCUT2D eigenvalue weighted by Crippen LogP contribution is 2.17. The summed E-state index contributed by atoms with van der Waals surface area (Å²) >= 11 is 0. The fourth-order valence-electron chi connectivity index (χ4n) is 1.48. The Morgan fingerprint density at radius 2 is 1.36 bits per heavy atom. The molecule has 0 spiro atoms. The van der Waals surface area contributed by atoms with Gasteiger partial charge in [-0.25, -0.2) is 4.39 Å². The summed E-state index contributed by atoms with van der Waals surface area (Å²) < 4.78 is 29.4. The molecule has 0 N–H and O–H groups in total. The van der Waals surface area contributed by atoms with Gasteiger partial charge in [0.05, 0.1) is 0 Å². The predicted octanol–water partition coefficient (Wildman–Crippen LogP) is 6.14. The van der Waals surface area contributed by atoms with Gasteiger partial charge in [-0.3, -0.25) is 0 Å². The molecule has 1 nitrogen and oxygen atoms in total. The average molecular weight is 302 g/mol. The van der Waals surface area contributed by atoms with Crippen LogP contribution >= 0.6 is 0 Å². The molecule has 0 amide bonds. The zero-order chi connectivity index (χ0) is 16.5. The molecule has 2 aromatic carbocycles. The van der Waals surface area contributed by atoms with E-state index >= 15 is 0 Å². The van der Waals surface area contributed by atoms with E-state index in [0.29, 0.717) is 5.75 Å². The third-order valence-electron chi connectivity index (χ3n) is 2.81. The molecule has 116 valence electrons. The number of hydrogen-bond donors (Lipinski definition) is 0. The standard InChI is InChI=1S/C10H10F2O.C9H10/c1-7-3-5-9(6-4-7)13-10(12)8(2)11;1-3-9-6-4-8(2)5-7-9/h3-6H,1-2H3;3-7H,1H2,2H3/b10-8+;. The topological polar surface area (TPSA) is 9.23 Å². The first-order valence-corrected chi connectivity index (χ1v) is 6.88. The van der Waals surface area contributed by atoms with E-state index in [2.05, 4.69) is 42.5 Å². The number of aryl methyl sites for hydroxylation is 2. The van der Waals surface area contributed by atoms with E-state index in [1.54, 1.807) is 24.3 Å². The van der Waals surface area contributed by atoms with Crippen LogP contribution in [0.15, 0.2) is 66.9 Å². The second kappa shape index (κ2) is 8.78. The van der Waals surface area contributed by atoms with E-state index in [1.165, 1.54) is 11.1 Å². The van der Waals surface area contributed by atoms with Gasteiger partial charge in [-0.05, 0) is 38.5 Å². The van der Waals surface area contributed by atoms with Crippen molar-refractivity contribution in [2.75, 3.05) is 0 Å². The van der Waals surface area contributed by atoms with Crippen molar-refractivity contribution >= 4 is 6.08 Å². The Kier molecular flexibility index (Phi) is 7.03. The molecule has 0 saturated heterocycles. The fourth-order valence-corrected chi connectivity index (χ4v) is 1.48. The van der Waals surface area contributed by atoms with Crippen LogP contribution in [-0.4, -0.2) is 0 Å². The zero-order valence-corrected chi connectivity index (χ0v) is 13.1. The molecule has 22 heavy (non-hydrogen) atoms. The summed E-state index contributed by atoms with van der Waals surface area (Å²) in [7, 11) is 0. The van der Waals surface area contributed by atoms with Crippen molar-refractivity contribution in [1.82, 2.24) is 0 Å². The van der Waals surface area contributed by atoms with Crippen molar-refractivity contribution in [1.29, 1.82) is 0 Å². The number of rotatable bonds is 3. The van der Waals surface area contributed by atoms with Crippen LogP contribution in [0.1, 0.15) is 23.6 Å². The maximum atomic E-state index is 12.6. The van der Waals surface area contributed by atoms with Gasteiger partial charge in [-0.15, -0.1) is 0 Å². The van der Waals surface area contributed by atoms with Gasteiger partial charge in [0.25, 0.3) is 0 Å². The molecule has 0 aromatic heterocycles. The normalized spacial score (nSPS) is 11.0. The highest BCUT2D eigenvalue weighted by Gasteiger charge is 2.02. The molecule has 0 aliphatic rings. The van der Waals surface area contributed by atoms with Gasteiger partial charge >= 0.3 is 6.01 Å². The van der Waals surface area contributed by atoms with Crippen molar-refractivity contribution < 1.29 is 13.5 Å². The minimum Gasteiger partial charge on any atom is -0.430 e. The van der Waals surface area contributed by atoms with Gasteiger partial charge in [0.2, 0.25) is 0 Å². The minimum absolute atomic E-state index is 0.292. The van der Waals surface area contributed by atoms with E-state index in [9.17, 15) is 8.78 Å². The van der Waals surface area contributed by atoms with Gasteiger partial charge in [0, 0.05) is 0 Å². The Balaban J connectivity index is 0.000000235. The van der Waals surface area contributed by atoms with Gasteiger partial charge in [0.1, 0.15) is 5.75 Å². The molecule has 0 saturated carbocycles. The quantitative estimate of drug-likeness (QED) is 0.619. The number of hydrogen-bond acceptors (Lipinski definition) is 1. The van der Waals surface area contributed by atoms with Crippen LogP contribution in [0.2, 0.25) is 0 Å². The monoisotopic (exact) mass is 302 g/mol. The first-order chi connectivity index (χ1) is 10.4. The highest BCUT2D eigenvalue weighted by atomic mass is 19.2. The number of ether oxygens (including phenoxy) is 1. The molecular formula is C19H20F2O. The first-order valence-electron chi connectivity index (χ1n) is 6.88. The minimum atomic E-state index is -1.19. The SMILES string of the molecule is C/C(F)=C(/F)Oc1ccc(C)cc1.C=Cc1ccc(C)cc1. The zero-order valence-electron chi connectivity index (χ0n) is 13.1. The van der Waals surface area contributed by atoms with Crippen molar-refractivity contribution in [3.63, 3.8) is 0 Å². The summed E-state index contributed by atoms with van der Waals surface area (Å²) in [5.74, 6) is -0.666. The lowest BCUT2D eigenvalue weighted by Gasteiger charge is -2.02. The molecule has 0 fully saturated rings. The maximum Gasteiger partial charge on any atom is 0.309 e. The molecule has 0 unspecified atom stereocenters. The summed E-state index contributed by atoms with van der Waals surface area (Å²) in [6.07, 6.45) is 1.85.